The van der Waals surface area contributed by atoms with Crippen LogP contribution in [0.4, 0.5) is 0 Å². The maximum atomic E-state index is 4.60. The number of aromatic nitrogens is 1. The highest BCUT2D eigenvalue weighted by Crippen LogP contribution is 2.20. The van der Waals surface area contributed by atoms with Crippen LogP contribution in [-0.4, -0.2) is 11.5 Å². The van der Waals surface area contributed by atoms with E-state index < -0.39 is 0 Å². The molecule has 0 saturated heterocycles. The van der Waals surface area contributed by atoms with Crippen LogP contribution in [-0.2, 0) is 6.42 Å². The number of hydrogen-bond acceptors (Lipinski definition) is 3. The minimum Gasteiger partial charge on any atom is -0.309 e. The second kappa shape index (κ2) is 6.12. The van der Waals surface area contributed by atoms with Crippen molar-refractivity contribution in [3.8, 4) is 0 Å². The van der Waals surface area contributed by atoms with E-state index in [1.807, 2.05) is 0 Å². The summed E-state index contributed by atoms with van der Waals surface area (Å²) in [6.07, 6.45) is 0.997. The van der Waals surface area contributed by atoms with Crippen LogP contribution in [0.1, 0.15) is 34.8 Å². The molecule has 0 aliphatic rings. The number of benzene rings is 1. The molecule has 96 valence electrons. The van der Waals surface area contributed by atoms with Crippen LogP contribution in [0, 0.1) is 13.8 Å². The Bertz CT molecular complexity index is 487. The molecule has 1 unspecified atom stereocenters. The molecule has 0 aliphatic heterocycles. The summed E-state index contributed by atoms with van der Waals surface area (Å²) in [5, 5.41) is 6.82. The van der Waals surface area contributed by atoms with Gasteiger partial charge < -0.3 is 5.32 Å². The Morgan fingerprint density at radius 1 is 1.22 bits per heavy atom. The van der Waals surface area contributed by atoms with E-state index in [9.17, 15) is 0 Å². The van der Waals surface area contributed by atoms with Crippen LogP contribution in [0.3, 0.4) is 0 Å². The summed E-state index contributed by atoms with van der Waals surface area (Å²) in [5.74, 6) is 0. The van der Waals surface area contributed by atoms with Crippen molar-refractivity contribution in [3.05, 3.63) is 51.5 Å². The highest BCUT2D eigenvalue weighted by Gasteiger charge is 2.13. The van der Waals surface area contributed by atoms with Gasteiger partial charge in [0.25, 0.3) is 0 Å². The normalized spacial score (nSPS) is 12.6. The Kier molecular flexibility index (Phi) is 4.50. The van der Waals surface area contributed by atoms with Crippen molar-refractivity contribution in [3.63, 3.8) is 0 Å². The number of thiazole rings is 1. The molecule has 0 amide bonds. The second-order valence-corrected chi connectivity index (χ2v) is 5.65. The quantitative estimate of drug-likeness (QED) is 0.887. The van der Waals surface area contributed by atoms with E-state index in [0.717, 1.165) is 18.0 Å². The molecule has 0 aliphatic carbocycles. The fourth-order valence-corrected chi connectivity index (χ4v) is 2.69. The summed E-state index contributed by atoms with van der Waals surface area (Å²) in [7, 11) is 0. The molecule has 1 aromatic heterocycles. The zero-order chi connectivity index (χ0) is 13.0. The Morgan fingerprint density at radius 2 is 1.94 bits per heavy atom. The zero-order valence-corrected chi connectivity index (χ0v) is 12.1. The van der Waals surface area contributed by atoms with Gasteiger partial charge in [0, 0.05) is 5.38 Å². The lowest BCUT2D eigenvalue weighted by atomic mass is 10.0. The fourth-order valence-electron chi connectivity index (χ4n) is 2.03. The van der Waals surface area contributed by atoms with Crippen molar-refractivity contribution >= 4 is 11.3 Å². The smallest absolute Gasteiger partial charge is 0.0898 e. The first kappa shape index (κ1) is 13.2. The van der Waals surface area contributed by atoms with Gasteiger partial charge in [0.1, 0.15) is 0 Å². The number of nitrogens with zero attached hydrogens (tertiary/aromatic N) is 1. The Morgan fingerprint density at radius 3 is 2.50 bits per heavy atom. The molecule has 1 aromatic carbocycles. The molecule has 0 saturated carbocycles. The van der Waals surface area contributed by atoms with E-state index in [-0.39, 0.29) is 0 Å². The van der Waals surface area contributed by atoms with Gasteiger partial charge in [-0.3, -0.25) is 0 Å². The molecule has 1 atom stereocenters. The summed E-state index contributed by atoms with van der Waals surface area (Å²) >= 11 is 1.72. The first-order valence-corrected chi connectivity index (χ1v) is 7.28. The maximum absolute atomic E-state index is 4.60. The van der Waals surface area contributed by atoms with E-state index in [2.05, 4.69) is 60.7 Å². The number of hydrogen-bond donors (Lipinski definition) is 1. The molecule has 2 aromatic rings. The molecular formula is C15H20N2S. The summed E-state index contributed by atoms with van der Waals surface area (Å²) in [6, 6.07) is 9.08. The predicted octanol–water partition coefficient (Wildman–Crippen LogP) is 3.65. The Hall–Kier alpha value is -1.19. The molecule has 0 fully saturated rings. The first-order chi connectivity index (χ1) is 8.69. The lowest BCUT2D eigenvalue weighted by Gasteiger charge is -2.16. The molecule has 2 nitrogen and oxygen atoms in total. The number of nitrogens with one attached hydrogen (secondary N) is 1. The van der Waals surface area contributed by atoms with E-state index in [1.54, 1.807) is 11.3 Å². The standard InChI is InChI=1S/C15H20N2S/c1-4-16-14(15-10-18-12(3)17-15)9-13-7-5-11(2)6-8-13/h5-8,10,14,16H,4,9H2,1-3H3. The summed E-state index contributed by atoms with van der Waals surface area (Å²) in [6.45, 7) is 7.28. The monoisotopic (exact) mass is 260 g/mol. The molecule has 18 heavy (non-hydrogen) atoms. The van der Waals surface area contributed by atoms with E-state index >= 15 is 0 Å². The highest BCUT2D eigenvalue weighted by molar-refractivity contribution is 7.09. The van der Waals surface area contributed by atoms with Crippen molar-refractivity contribution in [2.24, 2.45) is 0 Å². The molecule has 1 N–H and O–H groups in total. The van der Waals surface area contributed by atoms with E-state index in [4.69, 9.17) is 0 Å². The van der Waals surface area contributed by atoms with Crippen LogP contribution in [0.15, 0.2) is 29.6 Å². The lowest BCUT2D eigenvalue weighted by Crippen LogP contribution is -2.23. The van der Waals surface area contributed by atoms with Gasteiger partial charge in [-0.2, -0.15) is 0 Å². The number of likely N-dealkylation sites (N-methyl/N-ethyl adjacent to an activating group) is 1. The largest absolute Gasteiger partial charge is 0.309 e. The average molecular weight is 260 g/mol. The molecule has 0 bridgehead atoms. The van der Waals surface area contributed by atoms with E-state index in [1.165, 1.54) is 16.8 Å². The topological polar surface area (TPSA) is 24.9 Å². The van der Waals surface area contributed by atoms with Crippen LogP contribution in [0.5, 0.6) is 0 Å². The lowest BCUT2D eigenvalue weighted by molar-refractivity contribution is 0.538. The van der Waals surface area contributed by atoms with Gasteiger partial charge >= 0.3 is 0 Å². The molecule has 0 radical (unpaired) electrons. The summed E-state index contributed by atoms with van der Waals surface area (Å²) in [5.41, 5.74) is 3.83. The van der Waals surface area contributed by atoms with Crippen LogP contribution < -0.4 is 5.32 Å². The summed E-state index contributed by atoms with van der Waals surface area (Å²) in [4.78, 5) is 4.60. The minimum atomic E-state index is 0.322. The third kappa shape index (κ3) is 3.40. The van der Waals surface area contributed by atoms with Gasteiger partial charge in [-0.25, -0.2) is 4.98 Å². The van der Waals surface area contributed by atoms with Gasteiger partial charge in [0.05, 0.1) is 16.7 Å². The SMILES string of the molecule is CCNC(Cc1ccc(C)cc1)c1csc(C)n1. The van der Waals surface area contributed by atoms with Crippen molar-refractivity contribution < 1.29 is 0 Å². The van der Waals surface area contributed by atoms with Crippen LogP contribution in [0.2, 0.25) is 0 Å². The molecular weight excluding hydrogens is 240 g/mol. The van der Waals surface area contributed by atoms with Crippen molar-refractivity contribution in [2.75, 3.05) is 6.54 Å². The molecule has 1 heterocycles. The van der Waals surface area contributed by atoms with Gasteiger partial charge in [-0.1, -0.05) is 36.8 Å². The molecule has 2 rings (SSSR count). The van der Waals surface area contributed by atoms with Crippen molar-refractivity contribution in [1.82, 2.24) is 10.3 Å². The van der Waals surface area contributed by atoms with Crippen molar-refractivity contribution in [1.29, 1.82) is 0 Å². The zero-order valence-electron chi connectivity index (χ0n) is 11.2. The first-order valence-electron chi connectivity index (χ1n) is 6.40. The van der Waals surface area contributed by atoms with Gasteiger partial charge in [0.2, 0.25) is 0 Å². The Labute approximate surface area is 113 Å². The number of rotatable bonds is 5. The molecule has 3 heteroatoms. The van der Waals surface area contributed by atoms with Gasteiger partial charge in [-0.05, 0) is 32.4 Å². The second-order valence-electron chi connectivity index (χ2n) is 4.59. The van der Waals surface area contributed by atoms with Gasteiger partial charge in [-0.15, -0.1) is 11.3 Å². The van der Waals surface area contributed by atoms with E-state index in [0.29, 0.717) is 6.04 Å². The third-order valence-corrected chi connectivity index (χ3v) is 3.80. The predicted molar refractivity (Wildman–Crippen MR) is 78.2 cm³/mol. The third-order valence-electron chi connectivity index (χ3n) is 3.00. The highest BCUT2D eigenvalue weighted by atomic mass is 32.1. The minimum absolute atomic E-state index is 0.322. The molecule has 0 spiro atoms. The fraction of sp³-hybridized carbons (Fsp3) is 0.400. The average Bonchev–Trinajstić information content (AvgIpc) is 2.78. The van der Waals surface area contributed by atoms with Crippen LogP contribution >= 0.6 is 11.3 Å². The van der Waals surface area contributed by atoms with Gasteiger partial charge in [0.15, 0.2) is 0 Å². The Balaban J connectivity index is 2.13. The van der Waals surface area contributed by atoms with Crippen LogP contribution in [0.25, 0.3) is 0 Å². The summed E-state index contributed by atoms with van der Waals surface area (Å²) < 4.78 is 0. The van der Waals surface area contributed by atoms with Crippen molar-refractivity contribution in [2.45, 2.75) is 33.2 Å². The maximum Gasteiger partial charge on any atom is 0.0898 e. The number of aryl methyl sites for hydroxylation is 2.